The van der Waals surface area contributed by atoms with Crippen LogP contribution in [-0.4, -0.2) is 34.9 Å². The van der Waals surface area contributed by atoms with Gasteiger partial charge in [0.25, 0.3) is 0 Å². The Kier molecular flexibility index (Phi) is 64.3. The van der Waals surface area contributed by atoms with Gasteiger partial charge >= 0.3 is 0 Å². The zero-order valence-electron chi connectivity index (χ0n) is 51.1. The lowest BCUT2D eigenvalue weighted by Gasteiger charge is -2.22. The first-order valence-corrected chi connectivity index (χ1v) is 33.0. The molecule has 2 atom stereocenters. The van der Waals surface area contributed by atoms with E-state index >= 15 is 0 Å². The number of aliphatic hydroxyl groups is 2. The Morgan fingerprint density at radius 2 is 0.564 bits per heavy atom. The average molecular weight is 1080 g/mol. The first-order valence-electron chi connectivity index (χ1n) is 33.0. The molecule has 0 saturated heterocycles. The highest BCUT2D eigenvalue weighted by Crippen LogP contribution is 2.17. The maximum absolute atomic E-state index is 12.5. The number of hydrogen-bond acceptors (Lipinski definition) is 3. The molecule has 78 heavy (non-hydrogen) atoms. The highest BCUT2D eigenvalue weighted by atomic mass is 16.3. The van der Waals surface area contributed by atoms with Crippen molar-refractivity contribution in [2.45, 2.75) is 309 Å². The Balaban J connectivity index is 3.63. The van der Waals surface area contributed by atoms with Crippen LogP contribution in [0.3, 0.4) is 0 Å². The largest absolute Gasteiger partial charge is 0.394 e. The fraction of sp³-hybridized carbons (Fsp3) is 0.662. The van der Waals surface area contributed by atoms with E-state index in [1.165, 1.54) is 148 Å². The number of nitrogens with one attached hydrogen (secondary N) is 1. The van der Waals surface area contributed by atoms with Crippen molar-refractivity contribution < 1.29 is 15.0 Å². The first kappa shape index (κ1) is 74.3. The Morgan fingerprint density at radius 1 is 0.321 bits per heavy atom. The maximum atomic E-state index is 12.5. The predicted octanol–water partition coefficient (Wildman–Crippen LogP) is 22.7. The van der Waals surface area contributed by atoms with Crippen molar-refractivity contribution >= 4 is 5.91 Å². The number of aliphatic hydroxyl groups excluding tert-OH is 2. The number of carbonyl (C=O) groups is 1. The van der Waals surface area contributed by atoms with Gasteiger partial charge in [-0.15, -0.1) is 0 Å². The lowest BCUT2D eigenvalue weighted by Crippen LogP contribution is -2.45. The van der Waals surface area contributed by atoms with Crippen LogP contribution in [0.25, 0.3) is 0 Å². The highest BCUT2D eigenvalue weighted by Gasteiger charge is 2.20. The summed E-state index contributed by atoms with van der Waals surface area (Å²) in [5, 5.41) is 23.4. The van der Waals surface area contributed by atoms with Crippen LogP contribution < -0.4 is 5.32 Å². The molecule has 4 nitrogen and oxygen atoms in total. The van der Waals surface area contributed by atoms with Crippen molar-refractivity contribution in [2.75, 3.05) is 6.61 Å². The van der Waals surface area contributed by atoms with Crippen LogP contribution in [0, 0.1) is 0 Å². The third kappa shape index (κ3) is 63.1. The summed E-state index contributed by atoms with van der Waals surface area (Å²) in [7, 11) is 0. The fourth-order valence-electron chi connectivity index (χ4n) is 9.40. The molecule has 0 radical (unpaired) electrons. The van der Waals surface area contributed by atoms with Gasteiger partial charge in [-0.3, -0.25) is 4.79 Å². The van der Waals surface area contributed by atoms with Gasteiger partial charge in [0, 0.05) is 6.42 Å². The zero-order valence-corrected chi connectivity index (χ0v) is 51.1. The van der Waals surface area contributed by atoms with Crippen LogP contribution in [0.1, 0.15) is 296 Å². The number of amides is 1. The molecule has 0 rings (SSSR count). The molecule has 3 N–H and O–H groups in total. The quantitative estimate of drug-likeness (QED) is 0.0420. The molecule has 0 aromatic heterocycles. The molecule has 444 valence electrons. The van der Waals surface area contributed by atoms with E-state index in [9.17, 15) is 15.0 Å². The van der Waals surface area contributed by atoms with Gasteiger partial charge in [-0.2, -0.15) is 0 Å². The number of carbonyl (C=O) groups excluding carboxylic acids is 1. The number of rotatable bonds is 59. The van der Waals surface area contributed by atoms with Crippen molar-refractivity contribution in [3.8, 4) is 0 Å². The van der Waals surface area contributed by atoms with Crippen LogP contribution in [0.2, 0.25) is 0 Å². The van der Waals surface area contributed by atoms with Crippen molar-refractivity contribution in [2.24, 2.45) is 0 Å². The molecule has 1 amide bonds. The normalized spacial score (nSPS) is 13.7. The Morgan fingerprint density at radius 3 is 0.846 bits per heavy atom. The van der Waals surface area contributed by atoms with Gasteiger partial charge in [0.2, 0.25) is 5.91 Å². The van der Waals surface area contributed by atoms with Gasteiger partial charge in [-0.1, -0.05) is 333 Å². The van der Waals surface area contributed by atoms with Gasteiger partial charge in [0.15, 0.2) is 0 Å². The minimum Gasteiger partial charge on any atom is -0.394 e. The van der Waals surface area contributed by atoms with E-state index in [4.69, 9.17) is 0 Å². The Bertz CT molecular complexity index is 1600. The third-order valence-electron chi connectivity index (χ3n) is 14.4. The molecule has 0 fully saturated rings. The summed E-state index contributed by atoms with van der Waals surface area (Å²) < 4.78 is 0. The van der Waals surface area contributed by atoms with Gasteiger partial charge < -0.3 is 15.5 Å². The minimum atomic E-state index is -0.682. The lowest BCUT2D eigenvalue weighted by atomic mass is 10.0. The van der Waals surface area contributed by atoms with Crippen LogP contribution >= 0.6 is 0 Å². The monoisotopic (exact) mass is 1080 g/mol. The molecule has 0 aromatic rings. The second kappa shape index (κ2) is 67.5. The molecular weight excluding hydrogens is 951 g/mol. The molecule has 0 aliphatic rings. The SMILES string of the molecule is CC/C=C\C/C=C\C/C=C\C/C=C\C/C=C\C/C=C\C/C=C\C/C=C\C/C=C\C/C=C\C/C=C\C/C=C\CCCCCCC(=O)NC(CO)C(O)CCCCCCCCCCCCCCCCCCCCCCCCCCC. The summed E-state index contributed by atoms with van der Waals surface area (Å²) in [5.74, 6) is -0.0582. The smallest absolute Gasteiger partial charge is 0.220 e. The van der Waals surface area contributed by atoms with Gasteiger partial charge in [0.1, 0.15) is 0 Å². The molecule has 4 heteroatoms. The molecule has 0 saturated carbocycles. The second-order valence-corrected chi connectivity index (χ2v) is 21.8. The van der Waals surface area contributed by atoms with E-state index in [1.807, 2.05) is 0 Å². The number of unbranched alkanes of at least 4 members (excludes halogenated alkanes) is 28. The van der Waals surface area contributed by atoms with Crippen LogP contribution in [0.5, 0.6) is 0 Å². The van der Waals surface area contributed by atoms with E-state index in [1.54, 1.807) is 0 Å². The average Bonchev–Trinajstić information content (AvgIpc) is 3.44. The van der Waals surface area contributed by atoms with Crippen LogP contribution in [0.15, 0.2) is 146 Å². The number of allylic oxidation sites excluding steroid dienone is 24. The summed E-state index contributed by atoms with van der Waals surface area (Å²) in [6, 6.07) is -0.562. The molecule has 0 heterocycles. The molecular formula is C74H125NO3. The van der Waals surface area contributed by atoms with Gasteiger partial charge in [-0.25, -0.2) is 0 Å². The zero-order chi connectivity index (χ0) is 56.2. The summed E-state index contributed by atoms with van der Waals surface area (Å²) in [6.07, 6.45) is 106. The molecule has 0 aliphatic carbocycles. The predicted molar refractivity (Wildman–Crippen MR) is 349 cm³/mol. The second-order valence-electron chi connectivity index (χ2n) is 21.8. The molecule has 2 unspecified atom stereocenters. The van der Waals surface area contributed by atoms with Crippen molar-refractivity contribution in [3.05, 3.63) is 146 Å². The number of hydrogen-bond donors (Lipinski definition) is 3. The highest BCUT2D eigenvalue weighted by molar-refractivity contribution is 5.76. The van der Waals surface area contributed by atoms with Crippen molar-refractivity contribution in [1.29, 1.82) is 0 Å². The Labute approximate surface area is 484 Å². The molecule has 0 spiro atoms. The van der Waals surface area contributed by atoms with Crippen molar-refractivity contribution in [1.82, 2.24) is 5.32 Å². The van der Waals surface area contributed by atoms with E-state index in [0.29, 0.717) is 12.8 Å². The summed E-state index contributed by atoms with van der Waals surface area (Å²) in [6.45, 7) is 4.25. The minimum absolute atomic E-state index is 0.0582. The maximum Gasteiger partial charge on any atom is 0.220 e. The van der Waals surface area contributed by atoms with Crippen LogP contribution in [-0.2, 0) is 4.79 Å². The van der Waals surface area contributed by atoms with E-state index in [-0.39, 0.29) is 12.5 Å². The van der Waals surface area contributed by atoms with E-state index in [2.05, 4.69) is 165 Å². The molecule has 0 bridgehead atoms. The molecule has 0 aromatic carbocycles. The molecule has 0 aliphatic heterocycles. The van der Waals surface area contributed by atoms with Gasteiger partial charge in [-0.05, 0) is 103 Å². The Hall–Kier alpha value is -3.73. The standard InChI is InChI=1S/C74H125NO3/c1-3-5-7-9-11-13-15-17-19-21-23-25-27-29-30-31-32-33-34-35-36-37-38-39-40-41-42-43-44-46-48-50-52-54-56-58-60-62-64-66-68-70-74(78)75-72(71-76)73(77)69-67-65-63-61-59-57-55-53-51-49-47-45-28-26-24-22-20-18-16-14-12-10-8-6-4-2/h5,7,11,13,17,19,23,25,29-30,32-33,35-36,38-39,41-42,44,46,50,52,56,58,72-73,76-77H,3-4,6,8-10,12,14-16,18,20-22,24,26-28,31,34,37,40,43,45,47-49,51,53-55,57,59-71H2,1-2H3,(H,75,78)/b7-5-,13-11-,19-17-,25-23-,30-29-,33-32-,36-35-,39-38-,42-41-,46-44-,52-50-,58-56-. The summed E-state index contributed by atoms with van der Waals surface area (Å²) >= 11 is 0. The van der Waals surface area contributed by atoms with E-state index < -0.39 is 12.1 Å². The van der Waals surface area contributed by atoms with Gasteiger partial charge in [0.05, 0.1) is 18.8 Å². The lowest BCUT2D eigenvalue weighted by molar-refractivity contribution is -0.123. The third-order valence-corrected chi connectivity index (χ3v) is 14.4. The summed E-state index contributed by atoms with van der Waals surface area (Å²) in [5.41, 5.74) is 0. The van der Waals surface area contributed by atoms with E-state index in [0.717, 1.165) is 122 Å². The topological polar surface area (TPSA) is 69.6 Å². The van der Waals surface area contributed by atoms with Crippen molar-refractivity contribution in [3.63, 3.8) is 0 Å². The fourth-order valence-corrected chi connectivity index (χ4v) is 9.40. The van der Waals surface area contributed by atoms with Crippen LogP contribution in [0.4, 0.5) is 0 Å². The first-order chi connectivity index (χ1) is 38.7. The summed E-state index contributed by atoms with van der Waals surface area (Å²) in [4.78, 5) is 12.5.